The third-order valence-electron chi connectivity index (χ3n) is 5.28. The number of aryl methyl sites for hydroxylation is 1. The average Bonchev–Trinajstić information content (AvgIpc) is 3.16. The predicted molar refractivity (Wildman–Crippen MR) is 90.9 cm³/mol. The first-order valence-electron chi connectivity index (χ1n) is 8.49. The first-order valence-corrected chi connectivity index (χ1v) is 9.31. The molecule has 4 heteroatoms. The van der Waals surface area contributed by atoms with Crippen molar-refractivity contribution in [2.24, 2.45) is 5.73 Å². The Balaban J connectivity index is 1.56. The summed E-state index contributed by atoms with van der Waals surface area (Å²) in [5, 5.41) is 0. The van der Waals surface area contributed by atoms with E-state index >= 15 is 0 Å². The van der Waals surface area contributed by atoms with Gasteiger partial charge in [0, 0.05) is 41.0 Å². The van der Waals surface area contributed by atoms with E-state index in [4.69, 9.17) is 5.73 Å². The molecule has 1 aromatic rings. The van der Waals surface area contributed by atoms with Crippen LogP contribution in [0.4, 0.5) is 0 Å². The molecule has 2 aliphatic rings. The standard InChI is InChI=1S/C17H29N3S/c1-3-16-4-5-17(21-16)13(2)20-11-8-15(12-20)19-9-6-14(18)7-10-19/h4-5,13-15H,3,6-12,18H2,1-2H3. The normalized spacial score (nSPS) is 27.3. The summed E-state index contributed by atoms with van der Waals surface area (Å²) in [7, 11) is 0. The summed E-state index contributed by atoms with van der Waals surface area (Å²) in [6.45, 7) is 9.50. The Labute approximate surface area is 133 Å². The minimum Gasteiger partial charge on any atom is -0.328 e. The van der Waals surface area contributed by atoms with Crippen molar-refractivity contribution in [3.8, 4) is 0 Å². The molecule has 2 atom stereocenters. The molecule has 2 fully saturated rings. The van der Waals surface area contributed by atoms with Gasteiger partial charge in [-0.15, -0.1) is 11.3 Å². The Morgan fingerprint density at radius 3 is 2.67 bits per heavy atom. The zero-order valence-electron chi connectivity index (χ0n) is 13.4. The maximum absolute atomic E-state index is 6.03. The van der Waals surface area contributed by atoms with Crippen LogP contribution in [0.3, 0.4) is 0 Å². The number of nitrogens with two attached hydrogens (primary N) is 1. The molecule has 2 saturated heterocycles. The maximum atomic E-state index is 6.03. The predicted octanol–water partition coefficient (Wildman–Crippen LogP) is 2.87. The smallest absolute Gasteiger partial charge is 0.0414 e. The van der Waals surface area contributed by atoms with Crippen molar-refractivity contribution in [3.63, 3.8) is 0 Å². The second kappa shape index (κ2) is 6.78. The minimum absolute atomic E-state index is 0.441. The second-order valence-corrected chi connectivity index (χ2v) is 7.84. The van der Waals surface area contributed by atoms with E-state index in [9.17, 15) is 0 Å². The lowest BCUT2D eigenvalue weighted by Gasteiger charge is -2.35. The van der Waals surface area contributed by atoms with Crippen molar-refractivity contribution in [3.05, 3.63) is 21.9 Å². The van der Waals surface area contributed by atoms with Crippen LogP contribution in [0.15, 0.2) is 12.1 Å². The van der Waals surface area contributed by atoms with E-state index in [1.165, 1.54) is 55.2 Å². The van der Waals surface area contributed by atoms with Gasteiger partial charge >= 0.3 is 0 Å². The summed E-state index contributed by atoms with van der Waals surface area (Å²) in [5.41, 5.74) is 6.03. The van der Waals surface area contributed by atoms with Gasteiger partial charge in [-0.1, -0.05) is 6.92 Å². The van der Waals surface area contributed by atoms with E-state index < -0.39 is 0 Å². The van der Waals surface area contributed by atoms with E-state index in [0.717, 1.165) is 12.5 Å². The maximum Gasteiger partial charge on any atom is 0.0414 e. The fourth-order valence-electron chi connectivity index (χ4n) is 3.69. The van der Waals surface area contributed by atoms with Crippen LogP contribution in [0.5, 0.6) is 0 Å². The number of rotatable bonds is 4. The average molecular weight is 308 g/mol. The molecule has 3 heterocycles. The summed E-state index contributed by atoms with van der Waals surface area (Å²) >= 11 is 1.99. The molecule has 21 heavy (non-hydrogen) atoms. The lowest BCUT2D eigenvalue weighted by atomic mass is 10.0. The van der Waals surface area contributed by atoms with Gasteiger partial charge in [-0.05, 0) is 57.8 Å². The van der Waals surface area contributed by atoms with Gasteiger partial charge in [-0.2, -0.15) is 0 Å². The van der Waals surface area contributed by atoms with Crippen LogP contribution in [0.25, 0.3) is 0 Å². The molecule has 0 radical (unpaired) electrons. The Kier molecular flexibility index (Phi) is 4.99. The lowest BCUT2D eigenvalue weighted by molar-refractivity contribution is 0.146. The molecule has 0 aliphatic carbocycles. The van der Waals surface area contributed by atoms with Gasteiger partial charge in [0.2, 0.25) is 0 Å². The number of nitrogens with zero attached hydrogens (tertiary/aromatic N) is 2. The van der Waals surface area contributed by atoms with Crippen molar-refractivity contribution in [1.82, 2.24) is 9.80 Å². The fourth-order valence-corrected chi connectivity index (χ4v) is 4.73. The van der Waals surface area contributed by atoms with E-state index in [-0.39, 0.29) is 0 Å². The van der Waals surface area contributed by atoms with Gasteiger partial charge in [0.1, 0.15) is 0 Å². The quantitative estimate of drug-likeness (QED) is 0.928. The molecule has 0 spiro atoms. The first-order chi connectivity index (χ1) is 10.2. The zero-order chi connectivity index (χ0) is 14.8. The molecule has 0 amide bonds. The molecule has 2 N–H and O–H groups in total. The fraction of sp³-hybridized carbons (Fsp3) is 0.765. The van der Waals surface area contributed by atoms with Gasteiger partial charge in [0.15, 0.2) is 0 Å². The first kappa shape index (κ1) is 15.5. The number of thiophene rings is 1. The Morgan fingerprint density at radius 2 is 2.00 bits per heavy atom. The highest BCUT2D eigenvalue weighted by atomic mass is 32.1. The van der Waals surface area contributed by atoms with Crippen LogP contribution in [0.1, 0.15) is 48.9 Å². The van der Waals surface area contributed by atoms with Gasteiger partial charge in [0.05, 0.1) is 0 Å². The molecule has 0 aromatic carbocycles. The Hall–Kier alpha value is -0.420. The van der Waals surface area contributed by atoms with Crippen LogP contribution >= 0.6 is 11.3 Å². The van der Waals surface area contributed by atoms with E-state index in [1.807, 2.05) is 11.3 Å². The molecular weight excluding hydrogens is 278 g/mol. The molecule has 118 valence electrons. The number of likely N-dealkylation sites (tertiary alicyclic amines) is 2. The molecule has 1 aromatic heterocycles. The monoisotopic (exact) mass is 307 g/mol. The van der Waals surface area contributed by atoms with Crippen LogP contribution in [0.2, 0.25) is 0 Å². The second-order valence-electron chi connectivity index (χ2n) is 6.64. The molecular formula is C17H29N3S. The molecule has 0 bridgehead atoms. The molecule has 3 nitrogen and oxygen atoms in total. The van der Waals surface area contributed by atoms with Gasteiger partial charge in [-0.3, -0.25) is 9.80 Å². The van der Waals surface area contributed by atoms with Crippen molar-refractivity contribution >= 4 is 11.3 Å². The van der Waals surface area contributed by atoms with Crippen molar-refractivity contribution in [1.29, 1.82) is 0 Å². The molecule has 2 aliphatic heterocycles. The van der Waals surface area contributed by atoms with E-state index in [1.54, 1.807) is 0 Å². The Morgan fingerprint density at radius 1 is 1.24 bits per heavy atom. The number of piperidine rings is 1. The molecule has 0 saturated carbocycles. The minimum atomic E-state index is 0.441. The Bertz CT molecular complexity index is 451. The van der Waals surface area contributed by atoms with Crippen LogP contribution in [-0.2, 0) is 6.42 Å². The van der Waals surface area contributed by atoms with Gasteiger partial charge in [-0.25, -0.2) is 0 Å². The van der Waals surface area contributed by atoms with Crippen LogP contribution in [-0.4, -0.2) is 48.1 Å². The van der Waals surface area contributed by atoms with Crippen molar-refractivity contribution in [2.75, 3.05) is 26.2 Å². The topological polar surface area (TPSA) is 32.5 Å². The molecule has 3 rings (SSSR count). The van der Waals surface area contributed by atoms with Gasteiger partial charge in [0.25, 0.3) is 0 Å². The summed E-state index contributed by atoms with van der Waals surface area (Å²) in [5.74, 6) is 0. The highest BCUT2D eigenvalue weighted by Crippen LogP contribution is 2.31. The highest BCUT2D eigenvalue weighted by molar-refractivity contribution is 7.12. The third kappa shape index (κ3) is 3.50. The zero-order valence-corrected chi connectivity index (χ0v) is 14.2. The van der Waals surface area contributed by atoms with Crippen molar-refractivity contribution in [2.45, 2.75) is 57.7 Å². The van der Waals surface area contributed by atoms with E-state index in [0.29, 0.717) is 12.1 Å². The number of hydrogen-bond donors (Lipinski definition) is 1. The third-order valence-corrected chi connectivity index (χ3v) is 6.68. The summed E-state index contributed by atoms with van der Waals surface area (Å²) in [6.07, 6.45) is 4.84. The van der Waals surface area contributed by atoms with Crippen LogP contribution in [0, 0.1) is 0 Å². The highest BCUT2D eigenvalue weighted by Gasteiger charge is 2.32. The SMILES string of the molecule is CCc1ccc(C(C)N2CCC(N3CCC(N)CC3)C2)s1. The van der Waals surface area contributed by atoms with E-state index in [2.05, 4.69) is 35.8 Å². The van der Waals surface area contributed by atoms with Crippen molar-refractivity contribution < 1.29 is 0 Å². The summed E-state index contributed by atoms with van der Waals surface area (Å²) in [6, 6.07) is 6.41. The largest absolute Gasteiger partial charge is 0.328 e. The summed E-state index contributed by atoms with van der Waals surface area (Å²) < 4.78 is 0. The van der Waals surface area contributed by atoms with Crippen LogP contribution < -0.4 is 5.73 Å². The molecule has 2 unspecified atom stereocenters. The number of hydrogen-bond acceptors (Lipinski definition) is 4. The lowest BCUT2D eigenvalue weighted by Crippen LogP contribution is -2.46. The summed E-state index contributed by atoms with van der Waals surface area (Å²) in [4.78, 5) is 8.40. The van der Waals surface area contributed by atoms with Gasteiger partial charge < -0.3 is 5.73 Å².